The largest absolute Gasteiger partial charge is 0.481 e. The van der Waals surface area contributed by atoms with Crippen LogP contribution in [0.1, 0.15) is 54.1 Å². The highest BCUT2D eigenvalue weighted by molar-refractivity contribution is 6.06. The predicted octanol–water partition coefficient (Wildman–Crippen LogP) is 5.47. The number of para-hydroxylation sites is 1. The van der Waals surface area contributed by atoms with E-state index in [0.717, 1.165) is 30.4 Å². The number of carboxylic acid groups (broad SMARTS) is 1. The number of nitrogens with one attached hydrogen (secondary N) is 1. The summed E-state index contributed by atoms with van der Waals surface area (Å²) >= 11 is 0. The second-order valence-corrected chi connectivity index (χ2v) is 9.18. The minimum absolute atomic E-state index is 0.0743. The maximum absolute atomic E-state index is 13.1. The number of rotatable bonds is 6. The average Bonchev–Trinajstić information content (AvgIpc) is 3.30. The van der Waals surface area contributed by atoms with Crippen LogP contribution in [0.25, 0.3) is 10.9 Å². The fraction of sp³-hybridized carbons (Fsp3) is 0.360. The molecule has 4 rings (SSSR count). The molecule has 0 aliphatic heterocycles. The molecule has 8 heteroatoms. The van der Waals surface area contributed by atoms with E-state index >= 15 is 0 Å². The van der Waals surface area contributed by atoms with Crippen molar-refractivity contribution < 1.29 is 27.9 Å². The Morgan fingerprint density at radius 2 is 1.88 bits per heavy atom. The maximum Gasteiger partial charge on any atom is 0.416 e. The number of carboxylic acids is 1. The summed E-state index contributed by atoms with van der Waals surface area (Å²) in [7, 11) is 0. The molecular formula is C25H25F3N2O3. The molecule has 1 aliphatic rings. The first-order chi connectivity index (χ1) is 15.5. The van der Waals surface area contributed by atoms with Crippen LogP contribution >= 0.6 is 0 Å². The van der Waals surface area contributed by atoms with Crippen LogP contribution < -0.4 is 5.32 Å². The van der Waals surface area contributed by atoms with Crippen LogP contribution in [0, 0.1) is 5.41 Å². The molecule has 0 bridgehead atoms. The van der Waals surface area contributed by atoms with Crippen molar-refractivity contribution >= 4 is 22.8 Å². The van der Waals surface area contributed by atoms with Crippen LogP contribution in [0.5, 0.6) is 0 Å². The molecule has 2 N–H and O–H groups in total. The quantitative estimate of drug-likeness (QED) is 0.515. The van der Waals surface area contributed by atoms with Crippen molar-refractivity contribution in [3.05, 3.63) is 71.4 Å². The zero-order valence-electron chi connectivity index (χ0n) is 18.2. The molecule has 1 aromatic heterocycles. The van der Waals surface area contributed by atoms with E-state index in [0.29, 0.717) is 29.6 Å². The number of hydrogen-bond donors (Lipinski definition) is 2. The highest BCUT2D eigenvalue weighted by Gasteiger charge is 2.37. The van der Waals surface area contributed by atoms with Crippen molar-refractivity contribution in [2.45, 2.75) is 51.4 Å². The van der Waals surface area contributed by atoms with Gasteiger partial charge in [-0.05, 0) is 54.5 Å². The Kier molecular flexibility index (Phi) is 5.95. The summed E-state index contributed by atoms with van der Waals surface area (Å²) in [6.07, 6.45) is -0.432. The monoisotopic (exact) mass is 458 g/mol. The summed E-state index contributed by atoms with van der Waals surface area (Å²) in [6, 6.07) is 12.2. The Balaban J connectivity index is 1.54. The first kappa shape index (κ1) is 22.9. The molecule has 1 unspecified atom stereocenters. The van der Waals surface area contributed by atoms with Crippen LogP contribution in [0.2, 0.25) is 0 Å². The number of carbonyl (C=O) groups is 2. The van der Waals surface area contributed by atoms with Gasteiger partial charge in [0, 0.05) is 24.2 Å². The molecule has 1 amide bonds. The van der Waals surface area contributed by atoms with E-state index in [1.807, 2.05) is 29.8 Å². The van der Waals surface area contributed by atoms with Gasteiger partial charge in [-0.25, -0.2) is 0 Å². The molecule has 2 atom stereocenters. The molecule has 1 fully saturated rings. The number of halogens is 3. The Morgan fingerprint density at radius 3 is 2.55 bits per heavy atom. The molecule has 0 saturated heterocycles. The SMILES string of the molecule is C[C@]1(CC(=O)O)CCC(NC(=O)c2cccc3ccn(Cc4ccc(C(F)(F)F)cc4)c23)C1. The van der Waals surface area contributed by atoms with Gasteiger partial charge in [0.1, 0.15) is 0 Å². The summed E-state index contributed by atoms with van der Waals surface area (Å²) in [6.45, 7) is 2.26. The van der Waals surface area contributed by atoms with Crippen LogP contribution in [-0.2, 0) is 17.5 Å². The number of aliphatic carboxylic acids is 1. The summed E-state index contributed by atoms with van der Waals surface area (Å²) in [4.78, 5) is 24.3. The number of hydrogen-bond acceptors (Lipinski definition) is 2. The minimum Gasteiger partial charge on any atom is -0.481 e. The van der Waals surface area contributed by atoms with Crippen molar-refractivity contribution in [2.24, 2.45) is 5.41 Å². The molecule has 174 valence electrons. The first-order valence-corrected chi connectivity index (χ1v) is 10.8. The van der Waals surface area contributed by atoms with Gasteiger partial charge < -0.3 is 15.0 Å². The lowest BCUT2D eigenvalue weighted by Crippen LogP contribution is -2.34. The lowest BCUT2D eigenvalue weighted by atomic mass is 9.85. The second-order valence-electron chi connectivity index (χ2n) is 9.18. The van der Waals surface area contributed by atoms with Gasteiger partial charge in [-0.1, -0.05) is 31.2 Å². The minimum atomic E-state index is -4.38. The third-order valence-corrected chi connectivity index (χ3v) is 6.42. The van der Waals surface area contributed by atoms with Crippen LogP contribution in [0.15, 0.2) is 54.7 Å². The van der Waals surface area contributed by atoms with Gasteiger partial charge in [-0.2, -0.15) is 13.2 Å². The number of alkyl halides is 3. The standard InChI is InChI=1S/C25H25F3N2O3/c1-24(14-21(31)32)11-9-19(13-24)29-23(33)20-4-2-3-17-10-12-30(22(17)20)15-16-5-7-18(8-6-16)25(26,27)28/h2-8,10,12,19H,9,11,13-15H2,1H3,(H,29,33)(H,31,32)/t19?,24-/m0/s1. The van der Waals surface area contributed by atoms with Crippen molar-refractivity contribution in [1.82, 2.24) is 9.88 Å². The fourth-order valence-electron chi connectivity index (χ4n) is 4.81. The Labute approximate surface area is 189 Å². The van der Waals surface area contributed by atoms with Crippen molar-refractivity contribution in [3.63, 3.8) is 0 Å². The van der Waals surface area contributed by atoms with Crippen molar-refractivity contribution in [2.75, 3.05) is 0 Å². The van der Waals surface area contributed by atoms with E-state index in [9.17, 15) is 22.8 Å². The van der Waals surface area contributed by atoms with E-state index in [1.165, 1.54) is 12.1 Å². The summed E-state index contributed by atoms with van der Waals surface area (Å²) in [5.41, 5.74) is 0.849. The Bertz CT molecular complexity index is 1180. The number of nitrogens with zero attached hydrogens (tertiary/aromatic N) is 1. The molecule has 2 aromatic carbocycles. The zero-order valence-corrected chi connectivity index (χ0v) is 18.2. The first-order valence-electron chi connectivity index (χ1n) is 10.8. The highest BCUT2D eigenvalue weighted by atomic mass is 19.4. The van der Waals surface area contributed by atoms with Crippen LogP contribution in [-0.4, -0.2) is 27.6 Å². The molecule has 33 heavy (non-hydrogen) atoms. The van der Waals surface area contributed by atoms with E-state index in [-0.39, 0.29) is 23.8 Å². The van der Waals surface area contributed by atoms with Crippen LogP contribution in [0.4, 0.5) is 13.2 Å². The van der Waals surface area contributed by atoms with Crippen LogP contribution in [0.3, 0.4) is 0 Å². The van der Waals surface area contributed by atoms with Gasteiger partial charge in [0.05, 0.1) is 23.1 Å². The van der Waals surface area contributed by atoms with Crippen molar-refractivity contribution in [3.8, 4) is 0 Å². The smallest absolute Gasteiger partial charge is 0.416 e. The molecule has 0 radical (unpaired) electrons. The van der Waals surface area contributed by atoms with E-state index in [1.54, 1.807) is 12.1 Å². The van der Waals surface area contributed by atoms with Crippen molar-refractivity contribution in [1.29, 1.82) is 0 Å². The van der Waals surface area contributed by atoms with E-state index < -0.39 is 17.7 Å². The number of carbonyl (C=O) groups excluding carboxylic acids is 1. The van der Waals surface area contributed by atoms with Gasteiger partial charge in [0.15, 0.2) is 0 Å². The summed E-state index contributed by atoms with van der Waals surface area (Å²) in [5.74, 6) is -1.08. The molecule has 3 aromatic rings. The summed E-state index contributed by atoms with van der Waals surface area (Å²) < 4.78 is 40.4. The molecule has 5 nitrogen and oxygen atoms in total. The van der Waals surface area contributed by atoms with Gasteiger partial charge in [-0.15, -0.1) is 0 Å². The highest BCUT2D eigenvalue weighted by Crippen LogP contribution is 2.41. The lowest BCUT2D eigenvalue weighted by Gasteiger charge is -2.22. The van der Waals surface area contributed by atoms with Gasteiger partial charge >= 0.3 is 12.1 Å². The van der Waals surface area contributed by atoms with E-state index in [2.05, 4.69) is 5.32 Å². The molecule has 0 spiro atoms. The second kappa shape index (κ2) is 8.57. The number of fused-ring (bicyclic) bond motifs is 1. The average molecular weight is 458 g/mol. The lowest BCUT2D eigenvalue weighted by molar-refractivity contribution is -0.139. The topological polar surface area (TPSA) is 71.3 Å². The predicted molar refractivity (Wildman–Crippen MR) is 118 cm³/mol. The fourth-order valence-corrected chi connectivity index (χ4v) is 4.81. The normalized spacial score (nSPS) is 20.8. The number of amides is 1. The zero-order chi connectivity index (χ0) is 23.8. The van der Waals surface area contributed by atoms with E-state index in [4.69, 9.17) is 5.11 Å². The van der Waals surface area contributed by atoms with Gasteiger partial charge in [0.25, 0.3) is 5.91 Å². The van der Waals surface area contributed by atoms with Gasteiger partial charge in [-0.3, -0.25) is 9.59 Å². The molecule has 1 saturated carbocycles. The third kappa shape index (κ3) is 5.05. The third-order valence-electron chi connectivity index (χ3n) is 6.42. The summed E-state index contributed by atoms with van der Waals surface area (Å²) in [5, 5.41) is 13.0. The Hall–Kier alpha value is -3.29. The maximum atomic E-state index is 13.1. The molecule has 1 heterocycles. The number of benzene rings is 2. The Morgan fingerprint density at radius 1 is 1.15 bits per heavy atom. The number of aromatic nitrogens is 1. The van der Waals surface area contributed by atoms with Gasteiger partial charge in [0.2, 0.25) is 0 Å². The molecular weight excluding hydrogens is 433 g/mol. The molecule has 1 aliphatic carbocycles.